The van der Waals surface area contributed by atoms with Gasteiger partial charge in [-0.2, -0.15) is 0 Å². The number of hydrogen-bond acceptors (Lipinski definition) is 5. The molecule has 0 aromatic heterocycles. The van der Waals surface area contributed by atoms with Crippen LogP contribution in [0.1, 0.15) is 31.4 Å². The Bertz CT molecular complexity index is 567. The predicted octanol–water partition coefficient (Wildman–Crippen LogP) is 1.28. The molecular formula is C14H22N2O4S. The lowest BCUT2D eigenvalue weighted by molar-refractivity contribution is -0.140. The average Bonchev–Trinajstić information content (AvgIpc) is 2.46. The number of benzene rings is 1. The zero-order valence-corrected chi connectivity index (χ0v) is 13.4. The molecule has 0 bridgehead atoms. The third-order valence-corrected chi connectivity index (χ3v) is 5.07. The Morgan fingerprint density at radius 2 is 1.90 bits per heavy atom. The van der Waals surface area contributed by atoms with Crippen molar-refractivity contribution in [1.29, 1.82) is 0 Å². The van der Waals surface area contributed by atoms with Crippen LogP contribution in [-0.4, -0.2) is 39.4 Å². The van der Waals surface area contributed by atoms with Gasteiger partial charge in [0, 0.05) is 26.1 Å². The first-order chi connectivity index (χ1) is 9.78. The first-order valence-electron chi connectivity index (χ1n) is 6.67. The number of sulfonamides is 1. The highest BCUT2D eigenvalue weighted by Crippen LogP contribution is 2.18. The summed E-state index contributed by atoms with van der Waals surface area (Å²) in [6.45, 7) is 2.09. The Morgan fingerprint density at radius 3 is 2.38 bits per heavy atom. The quantitative estimate of drug-likeness (QED) is 0.766. The van der Waals surface area contributed by atoms with Crippen molar-refractivity contribution in [2.24, 2.45) is 5.73 Å². The van der Waals surface area contributed by atoms with Crippen molar-refractivity contribution in [2.75, 3.05) is 20.7 Å². The molecule has 1 rings (SSSR count). The van der Waals surface area contributed by atoms with Gasteiger partial charge in [0.1, 0.15) is 0 Å². The van der Waals surface area contributed by atoms with E-state index in [4.69, 9.17) is 5.73 Å². The van der Waals surface area contributed by atoms with Crippen molar-refractivity contribution in [1.82, 2.24) is 4.31 Å². The Balaban J connectivity index is 2.73. The summed E-state index contributed by atoms with van der Waals surface area (Å²) in [4.78, 5) is 11.2. The molecule has 0 spiro atoms. The van der Waals surface area contributed by atoms with Crippen LogP contribution in [0, 0.1) is 0 Å². The Hall–Kier alpha value is -1.44. The van der Waals surface area contributed by atoms with Crippen LogP contribution in [0.4, 0.5) is 0 Å². The van der Waals surface area contributed by atoms with E-state index in [0.717, 1.165) is 5.56 Å². The van der Waals surface area contributed by atoms with Crippen LogP contribution in [0.3, 0.4) is 0 Å². The molecule has 2 N–H and O–H groups in total. The highest BCUT2D eigenvalue weighted by atomic mass is 32.2. The Kier molecular flexibility index (Phi) is 6.32. The molecule has 0 aliphatic rings. The molecule has 0 aliphatic carbocycles. The summed E-state index contributed by atoms with van der Waals surface area (Å²) >= 11 is 0. The molecule has 0 saturated heterocycles. The number of carbonyl (C=O) groups excluding carboxylic acids is 1. The third kappa shape index (κ3) is 4.80. The molecule has 1 atom stereocenters. The molecule has 1 unspecified atom stereocenters. The molecule has 0 aliphatic heterocycles. The lowest BCUT2D eigenvalue weighted by atomic mass is 10.1. The molecule has 1 aromatic carbocycles. The minimum Gasteiger partial charge on any atom is -0.469 e. The second kappa shape index (κ2) is 7.53. The van der Waals surface area contributed by atoms with E-state index in [1.165, 1.54) is 18.5 Å². The summed E-state index contributed by atoms with van der Waals surface area (Å²) in [5.41, 5.74) is 6.61. The van der Waals surface area contributed by atoms with Gasteiger partial charge >= 0.3 is 5.97 Å². The fourth-order valence-corrected chi connectivity index (χ4v) is 3.00. The smallest absolute Gasteiger partial charge is 0.305 e. The first kappa shape index (κ1) is 17.6. The van der Waals surface area contributed by atoms with E-state index in [1.54, 1.807) is 24.3 Å². The maximum absolute atomic E-state index is 12.3. The van der Waals surface area contributed by atoms with Crippen LogP contribution in [0.5, 0.6) is 0 Å². The van der Waals surface area contributed by atoms with Crippen LogP contribution in [0.25, 0.3) is 0 Å². The van der Waals surface area contributed by atoms with Gasteiger partial charge in [-0.1, -0.05) is 12.1 Å². The van der Waals surface area contributed by atoms with Crippen molar-refractivity contribution < 1.29 is 17.9 Å². The second-order valence-electron chi connectivity index (χ2n) is 4.86. The van der Waals surface area contributed by atoms with Crippen molar-refractivity contribution in [3.8, 4) is 0 Å². The summed E-state index contributed by atoms with van der Waals surface area (Å²) in [6, 6.07) is 6.37. The van der Waals surface area contributed by atoms with E-state index in [2.05, 4.69) is 4.74 Å². The minimum absolute atomic E-state index is 0.139. The van der Waals surface area contributed by atoms with E-state index in [9.17, 15) is 13.2 Å². The van der Waals surface area contributed by atoms with Gasteiger partial charge < -0.3 is 10.5 Å². The lowest BCUT2D eigenvalue weighted by Gasteiger charge is -2.17. The topological polar surface area (TPSA) is 89.7 Å². The van der Waals surface area contributed by atoms with Gasteiger partial charge in [-0.15, -0.1) is 0 Å². The fourth-order valence-electron chi connectivity index (χ4n) is 1.79. The molecule has 0 heterocycles. The van der Waals surface area contributed by atoms with Gasteiger partial charge in [0.05, 0.1) is 12.0 Å². The maximum atomic E-state index is 12.3. The van der Waals surface area contributed by atoms with Gasteiger partial charge in [-0.25, -0.2) is 12.7 Å². The van der Waals surface area contributed by atoms with E-state index < -0.39 is 10.0 Å². The van der Waals surface area contributed by atoms with Crippen LogP contribution in [0.2, 0.25) is 0 Å². The van der Waals surface area contributed by atoms with Crippen LogP contribution in [0.15, 0.2) is 29.2 Å². The standard InChI is InChI=1S/C14H22N2O4S/c1-11(15)12-6-8-13(9-7-12)21(18,19)16(2)10-4-5-14(17)20-3/h6-9,11H,4-5,10,15H2,1-3H3. The molecule has 7 heteroatoms. The zero-order valence-electron chi connectivity index (χ0n) is 12.6. The van der Waals surface area contributed by atoms with Crippen molar-refractivity contribution in [2.45, 2.75) is 30.7 Å². The number of rotatable bonds is 7. The SMILES string of the molecule is COC(=O)CCCN(C)S(=O)(=O)c1ccc(C(C)N)cc1. The summed E-state index contributed by atoms with van der Waals surface area (Å²) < 4.78 is 30.4. The van der Waals surface area contributed by atoms with E-state index >= 15 is 0 Å². The zero-order chi connectivity index (χ0) is 16.0. The van der Waals surface area contributed by atoms with Crippen LogP contribution < -0.4 is 5.73 Å². The number of hydrogen-bond donors (Lipinski definition) is 1. The van der Waals surface area contributed by atoms with Crippen molar-refractivity contribution >= 4 is 16.0 Å². The molecule has 0 saturated carbocycles. The third-order valence-electron chi connectivity index (χ3n) is 3.20. The molecular weight excluding hydrogens is 292 g/mol. The number of nitrogens with zero attached hydrogens (tertiary/aromatic N) is 1. The van der Waals surface area contributed by atoms with E-state index in [0.29, 0.717) is 6.42 Å². The monoisotopic (exact) mass is 314 g/mol. The molecule has 0 amide bonds. The molecule has 118 valence electrons. The number of nitrogens with two attached hydrogens (primary N) is 1. The fraction of sp³-hybridized carbons (Fsp3) is 0.500. The van der Waals surface area contributed by atoms with Gasteiger partial charge in [-0.05, 0) is 31.0 Å². The van der Waals surface area contributed by atoms with Crippen LogP contribution in [-0.2, 0) is 19.6 Å². The summed E-state index contributed by atoms with van der Waals surface area (Å²) in [7, 11) is -0.745. The number of ether oxygens (including phenoxy) is 1. The van der Waals surface area contributed by atoms with Crippen molar-refractivity contribution in [3.63, 3.8) is 0 Å². The highest BCUT2D eigenvalue weighted by molar-refractivity contribution is 7.89. The molecule has 21 heavy (non-hydrogen) atoms. The maximum Gasteiger partial charge on any atom is 0.305 e. The van der Waals surface area contributed by atoms with Gasteiger partial charge in [-0.3, -0.25) is 4.79 Å². The number of carbonyl (C=O) groups is 1. The highest BCUT2D eigenvalue weighted by Gasteiger charge is 2.20. The van der Waals surface area contributed by atoms with Gasteiger partial charge in [0.25, 0.3) is 0 Å². The Morgan fingerprint density at radius 1 is 1.33 bits per heavy atom. The predicted molar refractivity (Wildman–Crippen MR) is 80.1 cm³/mol. The average molecular weight is 314 g/mol. The second-order valence-corrected chi connectivity index (χ2v) is 6.91. The largest absolute Gasteiger partial charge is 0.469 e. The molecule has 1 aromatic rings. The summed E-state index contributed by atoms with van der Waals surface area (Å²) in [5, 5.41) is 0. The minimum atomic E-state index is -3.55. The number of esters is 1. The molecule has 0 fully saturated rings. The summed E-state index contributed by atoms with van der Waals surface area (Å²) in [6.07, 6.45) is 0.611. The first-order valence-corrected chi connectivity index (χ1v) is 8.11. The summed E-state index contributed by atoms with van der Waals surface area (Å²) in [5.74, 6) is -0.345. The van der Waals surface area contributed by atoms with E-state index in [1.807, 2.05) is 6.92 Å². The van der Waals surface area contributed by atoms with Crippen molar-refractivity contribution in [3.05, 3.63) is 29.8 Å². The number of methoxy groups -OCH3 is 1. The normalized spacial score (nSPS) is 13.2. The molecule has 6 nitrogen and oxygen atoms in total. The van der Waals surface area contributed by atoms with Gasteiger partial charge in [0.2, 0.25) is 10.0 Å². The van der Waals surface area contributed by atoms with E-state index in [-0.39, 0.29) is 29.9 Å². The van der Waals surface area contributed by atoms with Crippen LogP contribution >= 0.6 is 0 Å². The molecule has 0 radical (unpaired) electrons. The lowest BCUT2D eigenvalue weighted by Crippen LogP contribution is -2.28. The Labute approximate surface area is 125 Å². The van der Waals surface area contributed by atoms with Gasteiger partial charge in [0.15, 0.2) is 0 Å².